The Morgan fingerprint density at radius 1 is 0.758 bits per heavy atom. The van der Waals surface area contributed by atoms with Crippen LogP contribution in [0.5, 0.6) is 5.75 Å². The molecule has 0 radical (unpaired) electrons. The SMILES string of the molecule is CCCC(CC)c1ccc(-c2cc(F)c(C(F)(F)Oc3cc(F)c(F)c(F)c3)c(F)c2)cc1. The van der Waals surface area contributed by atoms with Gasteiger partial charge in [0.2, 0.25) is 0 Å². The fourth-order valence-electron chi connectivity index (χ4n) is 3.71. The first-order valence-corrected chi connectivity index (χ1v) is 10.4. The molecule has 8 heteroatoms. The molecule has 3 aromatic rings. The van der Waals surface area contributed by atoms with Crippen LogP contribution in [-0.2, 0) is 6.11 Å². The minimum Gasteiger partial charge on any atom is -0.429 e. The zero-order chi connectivity index (χ0) is 24.3. The molecule has 1 atom stereocenters. The van der Waals surface area contributed by atoms with E-state index in [0.29, 0.717) is 11.5 Å². The van der Waals surface area contributed by atoms with Gasteiger partial charge in [0.1, 0.15) is 22.9 Å². The van der Waals surface area contributed by atoms with Crippen molar-refractivity contribution in [3.8, 4) is 16.9 Å². The van der Waals surface area contributed by atoms with E-state index in [1.54, 1.807) is 12.1 Å². The third-order valence-corrected chi connectivity index (χ3v) is 5.38. The molecule has 0 saturated heterocycles. The van der Waals surface area contributed by atoms with Crippen molar-refractivity contribution in [1.82, 2.24) is 0 Å². The molecular weight excluding hydrogens is 449 g/mol. The van der Waals surface area contributed by atoms with Gasteiger partial charge in [-0.3, -0.25) is 0 Å². The lowest BCUT2D eigenvalue weighted by atomic mass is 9.90. The van der Waals surface area contributed by atoms with Gasteiger partial charge in [-0.2, -0.15) is 8.78 Å². The van der Waals surface area contributed by atoms with Crippen LogP contribution in [0.2, 0.25) is 0 Å². The van der Waals surface area contributed by atoms with Crippen LogP contribution in [0.1, 0.15) is 50.2 Å². The maximum atomic E-state index is 14.6. The van der Waals surface area contributed by atoms with Crippen LogP contribution >= 0.6 is 0 Å². The summed E-state index contributed by atoms with van der Waals surface area (Å²) < 4.78 is 102. The maximum Gasteiger partial charge on any atom is 0.432 e. The van der Waals surface area contributed by atoms with Gasteiger partial charge in [-0.05, 0) is 47.6 Å². The molecule has 1 unspecified atom stereocenters. The predicted molar refractivity (Wildman–Crippen MR) is 111 cm³/mol. The molecule has 0 aliphatic heterocycles. The molecule has 0 fully saturated rings. The van der Waals surface area contributed by atoms with E-state index in [1.807, 2.05) is 12.1 Å². The first-order chi connectivity index (χ1) is 15.6. The molecule has 0 bridgehead atoms. The minimum absolute atomic E-state index is 0.0264. The summed E-state index contributed by atoms with van der Waals surface area (Å²) in [5.74, 6) is -9.48. The van der Waals surface area contributed by atoms with Gasteiger partial charge in [-0.15, -0.1) is 0 Å². The molecule has 3 rings (SSSR count). The van der Waals surface area contributed by atoms with Crippen molar-refractivity contribution in [1.29, 1.82) is 0 Å². The van der Waals surface area contributed by atoms with Crippen molar-refractivity contribution in [2.45, 2.75) is 45.1 Å². The summed E-state index contributed by atoms with van der Waals surface area (Å²) in [6.07, 6.45) is -1.69. The summed E-state index contributed by atoms with van der Waals surface area (Å²) in [4.78, 5) is 0. The second-order valence-corrected chi connectivity index (χ2v) is 7.65. The third kappa shape index (κ3) is 5.31. The van der Waals surface area contributed by atoms with E-state index in [4.69, 9.17) is 0 Å². The van der Waals surface area contributed by atoms with E-state index >= 15 is 0 Å². The lowest BCUT2D eigenvalue weighted by molar-refractivity contribution is -0.189. The van der Waals surface area contributed by atoms with Crippen LogP contribution in [0.4, 0.5) is 30.7 Å². The van der Waals surface area contributed by atoms with Gasteiger partial charge in [0, 0.05) is 12.1 Å². The van der Waals surface area contributed by atoms with Crippen molar-refractivity contribution >= 4 is 0 Å². The van der Waals surface area contributed by atoms with E-state index in [0.717, 1.165) is 37.0 Å². The van der Waals surface area contributed by atoms with Crippen LogP contribution in [0.3, 0.4) is 0 Å². The van der Waals surface area contributed by atoms with Crippen LogP contribution in [-0.4, -0.2) is 0 Å². The van der Waals surface area contributed by atoms with E-state index in [2.05, 4.69) is 18.6 Å². The Labute approximate surface area is 186 Å². The smallest absolute Gasteiger partial charge is 0.429 e. The van der Waals surface area contributed by atoms with Gasteiger partial charge in [0.25, 0.3) is 0 Å². The highest BCUT2D eigenvalue weighted by atomic mass is 19.3. The lowest BCUT2D eigenvalue weighted by Crippen LogP contribution is -2.25. The second kappa shape index (κ2) is 9.85. The summed E-state index contributed by atoms with van der Waals surface area (Å²) in [6.45, 7) is 4.14. The van der Waals surface area contributed by atoms with Gasteiger partial charge in [-0.1, -0.05) is 44.5 Å². The Hall–Kier alpha value is -3.03. The average Bonchev–Trinajstić information content (AvgIpc) is 2.75. The Balaban J connectivity index is 1.91. The van der Waals surface area contributed by atoms with E-state index in [1.165, 1.54) is 0 Å². The van der Waals surface area contributed by atoms with E-state index < -0.39 is 46.5 Å². The number of benzene rings is 3. The quantitative estimate of drug-likeness (QED) is 0.237. The van der Waals surface area contributed by atoms with Crippen LogP contribution in [0.25, 0.3) is 11.1 Å². The minimum atomic E-state index is -4.62. The molecule has 176 valence electrons. The standard InChI is InChI=1S/C25H21F7O/c1-3-5-14(4-2)15-6-8-16(9-7-15)17-10-19(26)23(20(27)11-17)25(31,32)33-18-12-21(28)24(30)22(29)13-18/h6-14H,3-5H2,1-2H3. The molecule has 0 spiro atoms. The summed E-state index contributed by atoms with van der Waals surface area (Å²) >= 11 is 0. The average molecular weight is 470 g/mol. The normalized spacial score (nSPS) is 12.6. The molecule has 0 aromatic heterocycles. The fraction of sp³-hybridized carbons (Fsp3) is 0.280. The Morgan fingerprint density at radius 3 is 1.79 bits per heavy atom. The predicted octanol–water partition coefficient (Wildman–Crippen LogP) is 8.47. The molecule has 0 amide bonds. The van der Waals surface area contributed by atoms with Gasteiger partial charge in [0.15, 0.2) is 17.5 Å². The number of hydrogen-bond donors (Lipinski definition) is 0. The highest BCUT2D eigenvalue weighted by Gasteiger charge is 2.41. The topological polar surface area (TPSA) is 9.23 Å². The van der Waals surface area contributed by atoms with Crippen molar-refractivity contribution in [3.63, 3.8) is 0 Å². The van der Waals surface area contributed by atoms with Gasteiger partial charge in [0.05, 0.1) is 0 Å². The highest BCUT2D eigenvalue weighted by Crippen LogP contribution is 2.38. The number of halogens is 7. The van der Waals surface area contributed by atoms with Gasteiger partial charge in [-0.25, -0.2) is 22.0 Å². The molecule has 33 heavy (non-hydrogen) atoms. The zero-order valence-electron chi connectivity index (χ0n) is 17.9. The monoisotopic (exact) mass is 470 g/mol. The molecule has 0 heterocycles. The van der Waals surface area contributed by atoms with Gasteiger partial charge >= 0.3 is 6.11 Å². The Bertz CT molecular complexity index is 1080. The van der Waals surface area contributed by atoms with Crippen LogP contribution in [0.15, 0.2) is 48.5 Å². The number of rotatable bonds is 8. The van der Waals surface area contributed by atoms with Crippen molar-refractivity contribution in [2.75, 3.05) is 0 Å². The molecule has 0 N–H and O–H groups in total. The summed E-state index contributed by atoms with van der Waals surface area (Å²) in [5, 5.41) is 0. The van der Waals surface area contributed by atoms with Gasteiger partial charge < -0.3 is 4.74 Å². The van der Waals surface area contributed by atoms with Crippen LogP contribution < -0.4 is 4.74 Å². The molecule has 1 nitrogen and oxygen atoms in total. The van der Waals surface area contributed by atoms with Crippen LogP contribution in [0, 0.1) is 29.1 Å². The van der Waals surface area contributed by atoms with E-state index in [9.17, 15) is 30.7 Å². The number of hydrogen-bond acceptors (Lipinski definition) is 1. The number of alkyl halides is 2. The zero-order valence-corrected chi connectivity index (χ0v) is 17.9. The van der Waals surface area contributed by atoms with Crippen molar-refractivity contribution < 1.29 is 35.5 Å². The lowest BCUT2D eigenvalue weighted by Gasteiger charge is -2.20. The maximum absolute atomic E-state index is 14.6. The molecule has 3 aromatic carbocycles. The molecule has 0 aliphatic rings. The summed E-state index contributed by atoms with van der Waals surface area (Å²) in [5.41, 5.74) is -0.221. The van der Waals surface area contributed by atoms with E-state index in [-0.39, 0.29) is 17.7 Å². The first kappa shape index (κ1) is 24.6. The Kier molecular flexibility index (Phi) is 7.34. The van der Waals surface area contributed by atoms with Crippen molar-refractivity contribution in [3.05, 3.63) is 88.7 Å². The Morgan fingerprint density at radius 2 is 1.30 bits per heavy atom. The number of ether oxygens (including phenoxy) is 1. The third-order valence-electron chi connectivity index (χ3n) is 5.38. The molecule has 0 aliphatic carbocycles. The summed E-state index contributed by atoms with van der Waals surface area (Å²) in [7, 11) is 0. The highest BCUT2D eigenvalue weighted by molar-refractivity contribution is 5.64. The molecular formula is C25H21F7O. The van der Waals surface area contributed by atoms with Crippen molar-refractivity contribution in [2.24, 2.45) is 0 Å². The first-order valence-electron chi connectivity index (χ1n) is 10.4. The largest absolute Gasteiger partial charge is 0.432 e. The molecule has 0 saturated carbocycles. The summed E-state index contributed by atoms with van der Waals surface area (Å²) in [6, 6.07) is 8.72. The fourth-order valence-corrected chi connectivity index (χ4v) is 3.71. The second-order valence-electron chi connectivity index (χ2n) is 7.65.